The Hall–Kier alpha value is -2.20. The molecule has 4 heteroatoms. The van der Waals surface area contributed by atoms with Gasteiger partial charge in [0.15, 0.2) is 6.04 Å². The number of hydrogen-bond acceptors (Lipinski definition) is 1. The fourth-order valence-corrected chi connectivity index (χ4v) is 3.10. The Bertz CT molecular complexity index is 684. The summed E-state index contributed by atoms with van der Waals surface area (Å²) in [6.07, 6.45) is 1.01. The van der Waals surface area contributed by atoms with Crippen molar-refractivity contribution in [3.8, 4) is 0 Å². The number of carbonyl (C=O) groups is 1. The molecule has 2 atom stereocenters. The molecule has 0 aromatic heterocycles. The second-order valence-electron chi connectivity index (χ2n) is 6.17. The number of quaternary nitrogens is 1. The lowest BCUT2D eigenvalue weighted by Gasteiger charge is -2.30. The molecule has 0 saturated carbocycles. The Labute approximate surface area is 136 Å². The van der Waals surface area contributed by atoms with Crippen LogP contribution in [0.2, 0.25) is 0 Å². The van der Waals surface area contributed by atoms with Gasteiger partial charge in [0, 0.05) is 18.5 Å². The van der Waals surface area contributed by atoms with Gasteiger partial charge in [-0.1, -0.05) is 36.4 Å². The SMILES string of the molecule is C[C@@H](C(=O)NCc1ccc(F)cc1)[NH+]1CCc2ccccc2C1. The highest BCUT2D eigenvalue weighted by Crippen LogP contribution is 2.10. The van der Waals surface area contributed by atoms with Crippen molar-refractivity contribution in [1.29, 1.82) is 0 Å². The van der Waals surface area contributed by atoms with Crippen molar-refractivity contribution >= 4 is 5.91 Å². The first-order valence-electron chi connectivity index (χ1n) is 8.07. The highest BCUT2D eigenvalue weighted by atomic mass is 19.1. The van der Waals surface area contributed by atoms with Crippen LogP contribution in [0.25, 0.3) is 0 Å². The van der Waals surface area contributed by atoms with Gasteiger partial charge in [0.1, 0.15) is 12.4 Å². The molecule has 0 fully saturated rings. The summed E-state index contributed by atoms with van der Waals surface area (Å²) in [7, 11) is 0. The Balaban J connectivity index is 1.56. The third kappa shape index (κ3) is 3.77. The van der Waals surface area contributed by atoms with E-state index < -0.39 is 0 Å². The Morgan fingerprint density at radius 3 is 2.61 bits per heavy atom. The predicted molar refractivity (Wildman–Crippen MR) is 87.4 cm³/mol. The van der Waals surface area contributed by atoms with E-state index >= 15 is 0 Å². The number of fused-ring (bicyclic) bond motifs is 1. The molecule has 1 heterocycles. The molecule has 120 valence electrons. The molecule has 0 radical (unpaired) electrons. The summed E-state index contributed by atoms with van der Waals surface area (Å²) < 4.78 is 12.9. The third-order valence-corrected chi connectivity index (χ3v) is 4.64. The molecule has 1 aliphatic heterocycles. The second kappa shape index (κ2) is 6.92. The van der Waals surface area contributed by atoms with E-state index in [1.165, 1.54) is 28.2 Å². The molecule has 1 aliphatic rings. The molecule has 3 nitrogen and oxygen atoms in total. The van der Waals surface area contributed by atoms with Gasteiger partial charge < -0.3 is 10.2 Å². The maximum atomic E-state index is 12.9. The first-order valence-corrected chi connectivity index (χ1v) is 8.07. The first kappa shape index (κ1) is 15.7. The van der Waals surface area contributed by atoms with Crippen molar-refractivity contribution in [3.63, 3.8) is 0 Å². The van der Waals surface area contributed by atoms with E-state index in [2.05, 4.69) is 29.6 Å². The zero-order valence-electron chi connectivity index (χ0n) is 13.3. The number of benzene rings is 2. The highest BCUT2D eigenvalue weighted by molar-refractivity contribution is 5.79. The van der Waals surface area contributed by atoms with Gasteiger partial charge in [-0.3, -0.25) is 4.79 Å². The molecule has 2 aromatic rings. The van der Waals surface area contributed by atoms with Crippen LogP contribution in [0.5, 0.6) is 0 Å². The van der Waals surface area contributed by atoms with Crippen LogP contribution in [-0.4, -0.2) is 18.5 Å². The zero-order valence-corrected chi connectivity index (χ0v) is 13.3. The lowest BCUT2D eigenvalue weighted by molar-refractivity contribution is -0.929. The van der Waals surface area contributed by atoms with Crippen LogP contribution in [0.3, 0.4) is 0 Å². The van der Waals surface area contributed by atoms with Crippen molar-refractivity contribution in [2.45, 2.75) is 32.5 Å². The summed E-state index contributed by atoms with van der Waals surface area (Å²) in [5.41, 5.74) is 3.65. The van der Waals surface area contributed by atoms with Crippen LogP contribution in [0.4, 0.5) is 4.39 Å². The predicted octanol–water partition coefficient (Wildman–Crippen LogP) is 1.47. The monoisotopic (exact) mass is 313 g/mol. The van der Waals surface area contributed by atoms with Gasteiger partial charge in [-0.05, 0) is 30.2 Å². The highest BCUT2D eigenvalue weighted by Gasteiger charge is 2.28. The van der Waals surface area contributed by atoms with E-state index in [4.69, 9.17) is 0 Å². The van der Waals surface area contributed by atoms with Crippen molar-refractivity contribution in [2.24, 2.45) is 0 Å². The third-order valence-electron chi connectivity index (χ3n) is 4.64. The van der Waals surface area contributed by atoms with Gasteiger partial charge in [0.25, 0.3) is 5.91 Å². The first-order chi connectivity index (χ1) is 11.1. The minimum atomic E-state index is -0.259. The Kier molecular flexibility index (Phi) is 4.72. The molecule has 1 amide bonds. The Morgan fingerprint density at radius 2 is 1.87 bits per heavy atom. The lowest BCUT2D eigenvalue weighted by atomic mass is 9.99. The van der Waals surface area contributed by atoms with E-state index in [0.717, 1.165) is 25.1 Å². The standard InChI is InChI=1S/C19H21FN2O/c1-14(19(23)21-12-15-6-8-18(20)9-7-15)22-11-10-16-4-2-3-5-17(16)13-22/h2-9,14H,10-13H2,1H3,(H,21,23)/p+1/t14-/m0/s1. The summed E-state index contributed by atoms with van der Waals surface area (Å²) in [6.45, 7) is 4.28. The van der Waals surface area contributed by atoms with E-state index in [9.17, 15) is 9.18 Å². The van der Waals surface area contributed by atoms with Crippen molar-refractivity contribution in [2.75, 3.05) is 6.54 Å². The molecule has 1 unspecified atom stereocenters. The Morgan fingerprint density at radius 1 is 1.17 bits per heavy atom. The van der Waals surface area contributed by atoms with Gasteiger partial charge in [-0.2, -0.15) is 0 Å². The van der Waals surface area contributed by atoms with E-state index in [1.54, 1.807) is 12.1 Å². The van der Waals surface area contributed by atoms with Crippen LogP contribution in [-0.2, 0) is 24.3 Å². The van der Waals surface area contributed by atoms with Crippen molar-refractivity contribution in [3.05, 3.63) is 71.0 Å². The lowest BCUT2D eigenvalue weighted by Crippen LogP contribution is -3.16. The normalized spacial score (nSPS) is 18.1. The van der Waals surface area contributed by atoms with Gasteiger partial charge in [-0.25, -0.2) is 4.39 Å². The minimum Gasteiger partial charge on any atom is -0.347 e. The van der Waals surface area contributed by atoms with Crippen LogP contribution >= 0.6 is 0 Å². The summed E-state index contributed by atoms with van der Waals surface area (Å²) >= 11 is 0. The molecule has 2 aromatic carbocycles. The molecular weight excluding hydrogens is 291 g/mol. The summed E-state index contributed by atoms with van der Waals surface area (Å²) in [5, 5.41) is 2.96. The van der Waals surface area contributed by atoms with Crippen LogP contribution in [0.1, 0.15) is 23.6 Å². The summed E-state index contributed by atoms with van der Waals surface area (Å²) in [6, 6.07) is 14.6. The number of carbonyl (C=O) groups excluding carboxylic acids is 1. The van der Waals surface area contributed by atoms with Crippen LogP contribution < -0.4 is 10.2 Å². The number of hydrogen-bond donors (Lipinski definition) is 2. The molecule has 23 heavy (non-hydrogen) atoms. The fourth-order valence-electron chi connectivity index (χ4n) is 3.10. The van der Waals surface area contributed by atoms with Crippen LogP contribution in [0, 0.1) is 5.82 Å². The minimum absolute atomic E-state index is 0.0451. The van der Waals surface area contributed by atoms with Gasteiger partial charge >= 0.3 is 0 Å². The van der Waals surface area contributed by atoms with E-state index in [0.29, 0.717) is 6.54 Å². The number of amides is 1. The molecule has 0 spiro atoms. The molecule has 0 bridgehead atoms. The van der Waals surface area contributed by atoms with Gasteiger partial charge in [0.05, 0.1) is 6.54 Å². The fraction of sp³-hybridized carbons (Fsp3) is 0.316. The van der Waals surface area contributed by atoms with E-state index in [-0.39, 0.29) is 17.8 Å². The number of rotatable bonds is 4. The maximum Gasteiger partial charge on any atom is 0.278 e. The number of halogens is 1. The van der Waals surface area contributed by atoms with Gasteiger partial charge in [0.2, 0.25) is 0 Å². The maximum absolute atomic E-state index is 12.9. The van der Waals surface area contributed by atoms with E-state index in [1.807, 2.05) is 6.92 Å². The topological polar surface area (TPSA) is 33.5 Å². The molecule has 3 rings (SSSR count). The zero-order chi connectivity index (χ0) is 16.2. The molecule has 0 aliphatic carbocycles. The molecular formula is C19H22FN2O+. The molecule has 2 N–H and O–H groups in total. The van der Waals surface area contributed by atoms with Gasteiger partial charge in [-0.15, -0.1) is 0 Å². The average molecular weight is 313 g/mol. The quantitative estimate of drug-likeness (QED) is 0.881. The average Bonchev–Trinajstić information content (AvgIpc) is 2.60. The van der Waals surface area contributed by atoms with Crippen molar-refractivity contribution < 1.29 is 14.1 Å². The largest absolute Gasteiger partial charge is 0.347 e. The summed E-state index contributed by atoms with van der Waals surface area (Å²) in [5.74, 6) is -0.214. The smallest absolute Gasteiger partial charge is 0.278 e. The number of nitrogens with one attached hydrogen (secondary N) is 2. The summed E-state index contributed by atoms with van der Waals surface area (Å²) in [4.78, 5) is 13.7. The van der Waals surface area contributed by atoms with Crippen molar-refractivity contribution in [1.82, 2.24) is 5.32 Å². The van der Waals surface area contributed by atoms with Crippen LogP contribution in [0.15, 0.2) is 48.5 Å². The molecule has 0 saturated heterocycles. The second-order valence-corrected chi connectivity index (χ2v) is 6.17.